The van der Waals surface area contributed by atoms with E-state index >= 15 is 0 Å². The normalized spacial score (nSPS) is 11.8. The van der Waals surface area contributed by atoms with Gasteiger partial charge in [-0.3, -0.25) is 9.59 Å². The van der Waals surface area contributed by atoms with Gasteiger partial charge in [0.15, 0.2) is 17.8 Å². The molecule has 0 spiro atoms. The first-order valence-corrected chi connectivity index (χ1v) is 10.3. The van der Waals surface area contributed by atoms with Crippen LogP contribution in [0.4, 0.5) is 14.5 Å². The molecule has 1 unspecified atom stereocenters. The second kappa shape index (κ2) is 9.60. The van der Waals surface area contributed by atoms with E-state index in [-0.39, 0.29) is 30.1 Å². The van der Waals surface area contributed by atoms with Gasteiger partial charge < -0.3 is 14.5 Å². The number of nitrogens with one attached hydrogen (secondary N) is 1. The summed E-state index contributed by atoms with van der Waals surface area (Å²) in [6, 6.07) is 16.6. The average Bonchev–Trinajstić information content (AvgIpc) is 3.26. The van der Waals surface area contributed by atoms with E-state index in [4.69, 9.17) is 9.15 Å². The van der Waals surface area contributed by atoms with Crippen molar-refractivity contribution < 1.29 is 27.5 Å². The number of halogens is 2. The Hall–Kier alpha value is -4.07. The van der Waals surface area contributed by atoms with Crippen LogP contribution in [0, 0.1) is 11.6 Å². The molecule has 4 aromatic rings. The summed E-state index contributed by atoms with van der Waals surface area (Å²) in [5, 5.41) is 4.62. The van der Waals surface area contributed by atoms with E-state index in [0.717, 1.165) is 22.9 Å². The van der Waals surface area contributed by atoms with Crippen LogP contribution in [-0.4, -0.2) is 23.0 Å². The Morgan fingerprint density at radius 1 is 1.03 bits per heavy atom. The van der Waals surface area contributed by atoms with Gasteiger partial charge in [0.1, 0.15) is 11.6 Å². The highest BCUT2D eigenvalue weighted by Gasteiger charge is 2.20. The first kappa shape index (κ1) is 22.1. The molecule has 0 saturated carbocycles. The molecule has 4 rings (SSSR count). The van der Waals surface area contributed by atoms with Crippen molar-refractivity contribution >= 4 is 28.3 Å². The standard InChI is InChI=1S/C25H20F2N2O4/c1-15(25(31)29-20-11-4-7-16-6-2-3-8-17(16)20)32-23(30)13-12-22-28-14-21(33-22)24-18(26)9-5-10-19(24)27/h2-11,14-15H,12-13H2,1H3,(H,29,31). The van der Waals surface area contributed by atoms with Gasteiger partial charge in [0.05, 0.1) is 18.2 Å². The van der Waals surface area contributed by atoms with Gasteiger partial charge in [-0.1, -0.05) is 42.5 Å². The number of hydrogen-bond donors (Lipinski definition) is 1. The van der Waals surface area contributed by atoms with Gasteiger partial charge in [-0.2, -0.15) is 0 Å². The smallest absolute Gasteiger partial charge is 0.307 e. The molecule has 168 valence electrons. The maximum atomic E-state index is 13.9. The molecular formula is C25H20F2N2O4. The van der Waals surface area contributed by atoms with Crippen molar-refractivity contribution in [1.82, 2.24) is 4.98 Å². The molecule has 1 aromatic heterocycles. The van der Waals surface area contributed by atoms with E-state index in [0.29, 0.717) is 5.69 Å². The zero-order valence-electron chi connectivity index (χ0n) is 17.7. The molecule has 0 fully saturated rings. The minimum absolute atomic E-state index is 0.0482. The number of benzene rings is 3. The summed E-state index contributed by atoms with van der Waals surface area (Å²) < 4.78 is 38.3. The summed E-state index contributed by atoms with van der Waals surface area (Å²) >= 11 is 0. The van der Waals surface area contributed by atoms with Crippen molar-refractivity contribution in [3.05, 3.63) is 84.4 Å². The van der Waals surface area contributed by atoms with Gasteiger partial charge in [-0.15, -0.1) is 0 Å². The number of ether oxygens (including phenoxy) is 1. The van der Waals surface area contributed by atoms with Gasteiger partial charge in [0.2, 0.25) is 0 Å². The van der Waals surface area contributed by atoms with Gasteiger partial charge >= 0.3 is 5.97 Å². The third-order valence-electron chi connectivity index (χ3n) is 5.03. The predicted molar refractivity (Wildman–Crippen MR) is 118 cm³/mol. The van der Waals surface area contributed by atoms with Crippen molar-refractivity contribution in [2.75, 3.05) is 5.32 Å². The molecule has 1 heterocycles. The molecule has 8 heteroatoms. The summed E-state index contributed by atoms with van der Waals surface area (Å²) in [6.07, 6.45) is 0.102. The number of rotatable bonds is 7. The summed E-state index contributed by atoms with van der Waals surface area (Å²) in [5.74, 6) is -2.60. The summed E-state index contributed by atoms with van der Waals surface area (Å²) in [5.41, 5.74) is 0.297. The summed E-state index contributed by atoms with van der Waals surface area (Å²) in [6.45, 7) is 1.47. The van der Waals surface area contributed by atoms with E-state index in [1.807, 2.05) is 36.4 Å². The Kier molecular flexibility index (Phi) is 6.44. The maximum Gasteiger partial charge on any atom is 0.307 e. The minimum atomic E-state index is -1.02. The number of aryl methyl sites for hydroxylation is 1. The number of oxazole rings is 1. The number of nitrogens with zero attached hydrogens (tertiary/aromatic N) is 1. The molecule has 0 radical (unpaired) electrons. The molecule has 1 amide bonds. The molecular weight excluding hydrogens is 430 g/mol. The maximum absolute atomic E-state index is 13.9. The lowest BCUT2D eigenvalue weighted by atomic mass is 10.1. The van der Waals surface area contributed by atoms with Gasteiger partial charge in [0, 0.05) is 17.5 Å². The average molecular weight is 450 g/mol. The second-order valence-electron chi connectivity index (χ2n) is 7.36. The Bertz CT molecular complexity index is 1290. The Morgan fingerprint density at radius 3 is 2.52 bits per heavy atom. The molecule has 0 aliphatic heterocycles. The number of anilines is 1. The highest BCUT2D eigenvalue weighted by atomic mass is 19.1. The van der Waals surface area contributed by atoms with Crippen LogP contribution in [-0.2, 0) is 20.7 Å². The van der Waals surface area contributed by atoms with Crippen LogP contribution in [0.2, 0.25) is 0 Å². The lowest BCUT2D eigenvalue weighted by Crippen LogP contribution is -2.30. The van der Waals surface area contributed by atoms with Gasteiger partial charge in [-0.25, -0.2) is 13.8 Å². The van der Waals surface area contributed by atoms with Gasteiger partial charge in [-0.05, 0) is 30.5 Å². The lowest BCUT2D eigenvalue weighted by molar-refractivity contribution is -0.153. The third-order valence-corrected chi connectivity index (χ3v) is 5.03. The Labute approximate surface area is 188 Å². The fraction of sp³-hybridized carbons (Fsp3) is 0.160. The predicted octanol–water partition coefficient (Wildman–Crippen LogP) is 5.28. The molecule has 33 heavy (non-hydrogen) atoms. The minimum Gasteiger partial charge on any atom is -0.453 e. The van der Waals surface area contributed by atoms with Crippen molar-refractivity contribution in [3.63, 3.8) is 0 Å². The lowest BCUT2D eigenvalue weighted by Gasteiger charge is -2.14. The third kappa shape index (κ3) is 5.06. The van der Waals surface area contributed by atoms with E-state index in [1.54, 1.807) is 6.07 Å². The first-order valence-electron chi connectivity index (χ1n) is 10.3. The number of aromatic nitrogens is 1. The molecule has 0 saturated heterocycles. The second-order valence-corrected chi connectivity index (χ2v) is 7.36. The molecule has 6 nitrogen and oxygen atoms in total. The van der Waals surface area contributed by atoms with Crippen molar-refractivity contribution in [1.29, 1.82) is 0 Å². The zero-order chi connectivity index (χ0) is 23.4. The largest absolute Gasteiger partial charge is 0.453 e. The molecule has 0 aliphatic carbocycles. The fourth-order valence-corrected chi connectivity index (χ4v) is 3.36. The van der Waals surface area contributed by atoms with E-state index in [1.165, 1.54) is 19.2 Å². The van der Waals surface area contributed by atoms with Crippen LogP contribution < -0.4 is 5.32 Å². The van der Waals surface area contributed by atoms with E-state index < -0.39 is 29.6 Å². The van der Waals surface area contributed by atoms with E-state index in [2.05, 4.69) is 10.3 Å². The number of hydrogen-bond acceptors (Lipinski definition) is 5. The quantitative estimate of drug-likeness (QED) is 0.388. The van der Waals surface area contributed by atoms with Crippen molar-refractivity contribution in [3.8, 4) is 11.3 Å². The molecule has 1 N–H and O–H groups in total. The van der Waals surface area contributed by atoms with Crippen LogP contribution in [0.5, 0.6) is 0 Å². The van der Waals surface area contributed by atoms with Crippen LogP contribution in [0.1, 0.15) is 19.2 Å². The van der Waals surface area contributed by atoms with E-state index in [9.17, 15) is 18.4 Å². The summed E-state index contributed by atoms with van der Waals surface area (Å²) in [7, 11) is 0. The van der Waals surface area contributed by atoms with Crippen LogP contribution in [0.15, 0.2) is 71.3 Å². The number of amides is 1. The van der Waals surface area contributed by atoms with Crippen LogP contribution in [0.3, 0.4) is 0 Å². The fourth-order valence-electron chi connectivity index (χ4n) is 3.36. The zero-order valence-corrected chi connectivity index (χ0v) is 17.7. The first-order chi connectivity index (χ1) is 15.9. The Morgan fingerprint density at radius 2 is 1.73 bits per heavy atom. The molecule has 3 aromatic carbocycles. The molecule has 0 bridgehead atoms. The molecule has 1 atom stereocenters. The highest BCUT2D eigenvalue weighted by Crippen LogP contribution is 2.27. The van der Waals surface area contributed by atoms with Gasteiger partial charge in [0.25, 0.3) is 5.91 Å². The SMILES string of the molecule is CC(OC(=O)CCc1ncc(-c2c(F)cccc2F)o1)C(=O)Nc1cccc2ccccc12. The summed E-state index contributed by atoms with van der Waals surface area (Å²) in [4.78, 5) is 28.6. The Balaban J connectivity index is 1.32. The van der Waals surface area contributed by atoms with Crippen molar-refractivity contribution in [2.24, 2.45) is 0 Å². The van der Waals surface area contributed by atoms with Crippen molar-refractivity contribution in [2.45, 2.75) is 25.9 Å². The van der Waals surface area contributed by atoms with Crippen LogP contribution >= 0.6 is 0 Å². The topological polar surface area (TPSA) is 81.4 Å². The number of carbonyl (C=O) groups is 2. The number of fused-ring (bicyclic) bond motifs is 1. The highest BCUT2D eigenvalue weighted by molar-refractivity contribution is 6.03. The van der Waals surface area contributed by atoms with Crippen LogP contribution in [0.25, 0.3) is 22.1 Å². The monoisotopic (exact) mass is 450 g/mol. The number of carbonyl (C=O) groups excluding carboxylic acids is 2. The molecule has 0 aliphatic rings. The number of esters is 1.